The van der Waals surface area contributed by atoms with E-state index in [0.717, 1.165) is 29.8 Å². The molecule has 2 amide bonds. The van der Waals surface area contributed by atoms with Crippen LogP contribution in [-0.4, -0.2) is 33.7 Å². The average Bonchev–Trinajstić information content (AvgIpc) is 3.00. The number of rotatable bonds is 7. The van der Waals surface area contributed by atoms with Crippen molar-refractivity contribution >= 4 is 17.2 Å². The lowest BCUT2D eigenvalue weighted by Crippen LogP contribution is -2.37. The summed E-state index contributed by atoms with van der Waals surface area (Å²) in [4.78, 5) is 21.3. The third-order valence-electron chi connectivity index (χ3n) is 5.10. The highest BCUT2D eigenvalue weighted by molar-refractivity contribution is 5.74. The van der Waals surface area contributed by atoms with Crippen LogP contribution in [0.5, 0.6) is 0 Å². The maximum atomic E-state index is 11.9. The zero-order chi connectivity index (χ0) is 18.4. The first kappa shape index (κ1) is 18.7. The second-order valence-corrected chi connectivity index (χ2v) is 7.65. The smallest absolute Gasteiger partial charge is 0.314 e. The molecule has 6 heteroatoms. The Morgan fingerprint density at radius 1 is 1.23 bits per heavy atom. The van der Waals surface area contributed by atoms with E-state index < -0.39 is 0 Å². The molecule has 1 fully saturated rings. The van der Waals surface area contributed by atoms with Gasteiger partial charge in [0.25, 0.3) is 0 Å². The Morgan fingerprint density at radius 3 is 2.77 bits per heavy atom. The lowest BCUT2D eigenvalue weighted by Gasteiger charge is -2.25. The summed E-state index contributed by atoms with van der Waals surface area (Å²) >= 11 is 0. The Bertz CT molecular complexity index is 718. The molecule has 0 radical (unpaired) electrons. The number of urea groups is 1. The third-order valence-corrected chi connectivity index (χ3v) is 5.10. The van der Waals surface area contributed by atoms with Gasteiger partial charge in [0.2, 0.25) is 0 Å². The molecule has 1 aliphatic rings. The van der Waals surface area contributed by atoms with E-state index in [1.165, 1.54) is 32.1 Å². The van der Waals surface area contributed by atoms with Gasteiger partial charge in [-0.2, -0.15) is 0 Å². The summed E-state index contributed by atoms with van der Waals surface area (Å²) in [6, 6.07) is 4.35. The highest BCUT2D eigenvalue weighted by Crippen LogP contribution is 2.31. The van der Waals surface area contributed by atoms with Gasteiger partial charge in [0.1, 0.15) is 11.3 Å². The number of nitrogens with zero attached hydrogens (tertiary/aromatic N) is 3. The molecule has 0 unspecified atom stereocenters. The van der Waals surface area contributed by atoms with E-state index in [1.54, 1.807) is 0 Å². The molecule has 6 nitrogen and oxygen atoms in total. The van der Waals surface area contributed by atoms with Crippen LogP contribution in [0.15, 0.2) is 18.3 Å². The normalized spacial score (nSPS) is 15.5. The molecule has 0 atom stereocenters. The van der Waals surface area contributed by atoms with Crippen molar-refractivity contribution in [2.45, 2.75) is 64.8 Å². The molecule has 1 aliphatic carbocycles. The van der Waals surface area contributed by atoms with E-state index >= 15 is 0 Å². The minimum absolute atomic E-state index is 0.0934. The molecule has 0 aromatic carbocycles. The molecule has 2 aromatic rings. The van der Waals surface area contributed by atoms with Crippen LogP contribution in [-0.2, 0) is 6.42 Å². The van der Waals surface area contributed by atoms with E-state index in [0.29, 0.717) is 25.0 Å². The summed E-state index contributed by atoms with van der Waals surface area (Å²) in [6.07, 6.45) is 9.81. The van der Waals surface area contributed by atoms with Crippen molar-refractivity contribution in [1.29, 1.82) is 0 Å². The minimum atomic E-state index is -0.0934. The summed E-state index contributed by atoms with van der Waals surface area (Å²) in [5.74, 6) is 1.63. The van der Waals surface area contributed by atoms with E-state index in [2.05, 4.69) is 34.0 Å². The number of hydrogen-bond acceptors (Lipinski definition) is 3. The predicted molar refractivity (Wildman–Crippen MR) is 104 cm³/mol. The molecule has 142 valence electrons. The number of amides is 2. The van der Waals surface area contributed by atoms with Gasteiger partial charge in [-0.15, -0.1) is 0 Å². The molecular formula is C20H31N5O. The van der Waals surface area contributed by atoms with Gasteiger partial charge in [0.05, 0.1) is 0 Å². The fraction of sp³-hybridized carbons (Fsp3) is 0.650. The quantitative estimate of drug-likeness (QED) is 0.791. The van der Waals surface area contributed by atoms with Gasteiger partial charge in [-0.1, -0.05) is 33.1 Å². The van der Waals surface area contributed by atoms with Crippen molar-refractivity contribution in [2.75, 3.05) is 13.1 Å². The minimum Gasteiger partial charge on any atom is -0.338 e. The Kier molecular flexibility index (Phi) is 6.47. The highest BCUT2D eigenvalue weighted by Gasteiger charge is 2.21. The molecule has 2 N–H and O–H groups in total. The van der Waals surface area contributed by atoms with Crippen molar-refractivity contribution in [3.8, 4) is 0 Å². The number of carbonyl (C=O) groups is 1. The van der Waals surface area contributed by atoms with Crippen molar-refractivity contribution in [2.24, 2.45) is 5.92 Å². The van der Waals surface area contributed by atoms with Gasteiger partial charge in [-0.05, 0) is 37.3 Å². The van der Waals surface area contributed by atoms with Crippen molar-refractivity contribution in [3.05, 3.63) is 24.2 Å². The van der Waals surface area contributed by atoms with Gasteiger partial charge < -0.3 is 15.2 Å². The summed E-state index contributed by atoms with van der Waals surface area (Å²) < 4.78 is 2.33. The lowest BCUT2D eigenvalue weighted by molar-refractivity contribution is 0.240. The number of carbonyl (C=O) groups excluding carboxylic acids is 1. The van der Waals surface area contributed by atoms with Gasteiger partial charge in [-0.3, -0.25) is 0 Å². The van der Waals surface area contributed by atoms with Gasteiger partial charge >= 0.3 is 6.03 Å². The largest absolute Gasteiger partial charge is 0.338 e. The Balaban J connectivity index is 1.63. The zero-order valence-corrected chi connectivity index (χ0v) is 16.0. The molecular weight excluding hydrogens is 326 g/mol. The molecule has 0 spiro atoms. The Labute approximate surface area is 155 Å². The second kappa shape index (κ2) is 9.01. The maximum Gasteiger partial charge on any atom is 0.314 e. The van der Waals surface area contributed by atoms with Crippen LogP contribution < -0.4 is 10.6 Å². The van der Waals surface area contributed by atoms with Gasteiger partial charge in [-0.25, -0.2) is 14.8 Å². The van der Waals surface area contributed by atoms with Crippen LogP contribution in [0.4, 0.5) is 4.79 Å². The van der Waals surface area contributed by atoms with Crippen LogP contribution >= 0.6 is 0 Å². The van der Waals surface area contributed by atoms with E-state index in [-0.39, 0.29) is 6.03 Å². The zero-order valence-electron chi connectivity index (χ0n) is 16.0. The van der Waals surface area contributed by atoms with E-state index in [1.807, 2.05) is 18.3 Å². The fourth-order valence-electron chi connectivity index (χ4n) is 3.70. The summed E-state index contributed by atoms with van der Waals surface area (Å²) in [5.41, 5.74) is 1.94. The number of pyridine rings is 1. The number of hydrogen-bond donors (Lipinski definition) is 2. The third kappa shape index (κ3) is 4.74. The topological polar surface area (TPSA) is 71.8 Å². The molecule has 1 saturated carbocycles. The molecule has 0 aliphatic heterocycles. The summed E-state index contributed by atoms with van der Waals surface area (Å²) in [5, 5.41) is 5.87. The monoisotopic (exact) mass is 357 g/mol. The first-order chi connectivity index (χ1) is 12.6. The summed E-state index contributed by atoms with van der Waals surface area (Å²) in [7, 11) is 0. The molecule has 26 heavy (non-hydrogen) atoms. The van der Waals surface area contributed by atoms with E-state index in [9.17, 15) is 4.79 Å². The SMILES string of the molecule is CC(C)CCNC(=O)NCCc1nc2cccnc2n1C1CCCCC1. The summed E-state index contributed by atoms with van der Waals surface area (Å²) in [6.45, 7) is 5.62. The number of aromatic nitrogens is 3. The second-order valence-electron chi connectivity index (χ2n) is 7.65. The maximum absolute atomic E-state index is 11.9. The molecule has 0 saturated heterocycles. The standard InChI is InChI=1S/C20H31N5O/c1-15(2)10-13-22-20(26)23-14-11-18-24-17-9-6-12-21-19(17)25(18)16-7-4-3-5-8-16/h6,9,12,15-16H,3-5,7-8,10-11,13-14H2,1-2H3,(H2,22,23,26). The first-order valence-electron chi connectivity index (χ1n) is 9.98. The highest BCUT2D eigenvalue weighted by atomic mass is 16.2. The Hall–Kier alpha value is -2.11. The first-order valence-corrected chi connectivity index (χ1v) is 9.98. The average molecular weight is 358 g/mol. The number of fused-ring (bicyclic) bond motifs is 1. The van der Waals surface area contributed by atoms with Gasteiger partial charge in [0, 0.05) is 31.7 Å². The van der Waals surface area contributed by atoms with Crippen molar-refractivity contribution < 1.29 is 4.79 Å². The van der Waals surface area contributed by atoms with Crippen LogP contribution in [0.25, 0.3) is 11.2 Å². The molecule has 2 heterocycles. The van der Waals surface area contributed by atoms with Crippen LogP contribution in [0.2, 0.25) is 0 Å². The Morgan fingerprint density at radius 2 is 2.00 bits per heavy atom. The van der Waals surface area contributed by atoms with Crippen molar-refractivity contribution in [3.63, 3.8) is 0 Å². The van der Waals surface area contributed by atoms with E-state index in [4.69, 9.17) is 4.98 Å². The number of imidazole rings is 1. The fourth-order valence-corrected chi connectivity index (χ4v) is 3.70. The molecule has 3 rings (SSSR count). The lowest BCUT2D eigenvalue weighted by atomic mass is 9.95. The van der Waals surface area contributed by atoms with Crippen LogP contribution in [0, 0.1) is 5.92 Å². The van der Waals surface area contributed by atoms with Crippen LogP contribution in [0.3, 0.4) is 0 Å². The number of nitrogens with one attached hydrogen (secondary N) is 2. The van der Waals surface area contributed by atoms with Crippen molar-refractivity contribution in [1.82, 2.24) is 25.2 Å². The van der Waals surface area contributed by atoms with Crippen LogP contribution in [0.1, 0.15) is 64.2 Å². The predicted octanol–water partition coefficient (Wildman–Crippen LogP) is 3.82. The molecule has 2 aromatic heterocycles. The molecule has 0 bridgehead atoms. The van der Waals surface area contributed by atoms with Gasteiger partial charge in [0.15, 0.2) is 5.65 Å².